The fourth-order valence-electron chi connectivity index (χ4n) is 2.13. The van der Waals surface area contributed by atoms with Crippen LogP contribution in [0.5, 0.6) is 0 Å². The average Bonchev–Trinajstić information content (AvgIpc) is 2.70. The summed E-state index contributed by atoms with van der Waals surface area (Å²) in [5.41, 5.74) is 0. The van der Waals surface area contributed by atoms with Crippen LogP contribution in [-0.2, 0) is 9.59 Å². The molecule has 2 rings (SSSR count). The third kappa shape index (κ3) is 3.42. The topological polar surface area (TPSA) is 66.4 Å². The van der Waals surface area contributed by atoms with E-state index in [9.17, 15) is 18.0 Å². The van der Waals surface area contributed by atoms with Crippen LogP contribution in [0.1, 0.15) is 13.3 Å². The number of alkyl halides is 3. The highest BCUT2D eigenvalue weighted by Crippen LogP contribution is 2.49. The van der Waals surface area contributed by atoms with Crippen molar-refractivity contribution in [3.63, 3.8) is 0 Å². The highest BCUT2D eigenvalue weighted by Gasteiger charge is 2.55. The van der Waals surface area contributed by atoms with Gasteiger partial charge in [0, 0.05) is 12.3 Å². The highest BCUT2D eigenvalue weighted by molar-refractivity contribution is 5.84. The maximum Gasteiger partial charge on any atom is 0.490 e. The number of aliphatic carboxylic acids is 1. The number of carbonyl (C=O) groups is 2. The van der Waals surface area contributed by atoms with Crippen molar-refractivity contribution < 1.29 is 27.9 Å². The van der Waals surface area contributed by atoms with E-state index in [0.717, 1.165) is 19.5 Å². The van der Waals surface area contributed by atoms with Crippen LogP contribution in [0.15, 0.2) is 0 Å². The lowest BCUT2D eigenvalue weighted by molar-refractivity contribution is -0.192. The van der Waals surface area contributed by atoms with Crippen LogP contribution in [0.3, 0.4) is 0 Å². The van der Waals surface area contributed by atoms with Gasteiger partial charge in [0.25, 0.3) is 0 Å². The molecule has 2 N–H and O–H groups in total. The fraction of sp³-hybridized carbons (Fsp3) is 0.800. The van der Waals surface area contributed by atoms with Crippen LogP contribution in [0.4, 0.5) is 13.2 Å². The van der Waals surface area contributed by atoms with Gasteiger partial charge in [-0.15, -0.1) is 0 Å². The molecule has 2 aliphatic rings. The molecule has 0 aromatic heterocycles. The Labute approximate surface area is 96.2 Å². The number of hydrogen-bond acceptors (Lipinski definition) is 3. The smallest absolute Gasteiger partial charge is 0.475 e. The van der Waals surface area contributed by atoms with E-state index in [1.807, 2.05) is 6.92 Å². The second kappa shape index (κ2) is 5.03. The first-order valence-electron chi connectivity index (χ1n) is 5.32. The van der Waals surface area contributed by atoms with E-state index in [1.165, 1.54) is 0 Å². The molecule has 1 heterocycles. The van der Waals surface area contributed by atoms with Gasteiger partial charge < -0.3 is 10.4 Å². The first-order chi connectivity index (χ1) is 7.79. The van der Waals surface area contributed by atoms with Gasteiger partial charge in [0.15, 0.2) is 0 Å². The van der Waals surface area contributed by atoms with E-state index in [4.69, 9.17) is 9.90 Å². The van der Waals surface area contributed by atoms with E-state index in [-0.39, 0.29) is 0 Å². The molecule has 1 saturated heterocycles. The summed E-state index contributed by atoms with van der Waals surface area (Å²) in [5.74, 6) is -0.393. The van der Waals surface area contributed by atoms with Crippen LogP contribution in [0.25, 0.3) is 0 Å². The molecule has 0 aromatic carbocycles. The number of hydrogen-bond donors (Lipinski definition) is 2. The Balaban J connectivity index is 0.000000185. The number of rotatable bonds is 2. The van der Waals surface area contributed by atoms with Crippen LogP contribution in [-0.4, -0.2) is 36.1 Å². The summed E-state index contributed by atoms with van der Waals surface area (Å²) in [5, 5.41) is 10.4. The molecule has 2 fully saturated rings. The molecule has 0 spiro atoms. The second-order valence-electron chi connectivity index (χ2n) is 4.13. The summed E-state index contributed by atoms with van der Waals surface area (Å²) in [4.78, 5) is 20.1. The third-order valence-corrected chi connectivity index (χ3v) is 3.05. The Morgan fingerprint density at radius 1 is 1.29 bits per heavy atom. The largest absolute Gasteiger partial charge is 0.490 e. The Kier molecular flexibility index (Phi) is 4.13. The van der Waals surface area contributed by atoms with Gasteiger partial charge in [0.2, 0.25) is 0 Å². The molecular formula is C10H14F3NO3. The van der Waals surface area contributed by atoms with Crippen molar-refractivity contribution in [3.8, 4) is 0 Å². The number of ketones is 1. The lowest BCUT2D eigenvalue weighted by Crippen LogP contribution is -2.21. The zero-order valence-electron chi connectivity index (χ0n) is 9.25. The highest BCUT2D eigenvalue weighted by atomic mass is 19.4. The van der Waals surface area contributed by atoms with Crippen molar-refractivity contribution >= 4 is 11.8 Å². The summed E-state index contributed by atoms with van der Waals surface area (Å²) >= 11 is 0. The second-order valence-corrected chi connectivity index (χ2v) is 4.13. The number of carbonyl (C=O) groups excluding carboxylic acids is 1. The molecule has 7 heteroatoms. The van der Waals surface area contributed by atoms with E-state index in [2.05, 4.69) is 5.32 Å². The van der Waals surface area contributed by atoms with Crippen LogP contribution in [0, 0.1) is 17.8 Å². The summed E-state index contributed by atoms with van der Waals surface area (Å²) in [6, 6.07) is 0. The molecule has 98 valence electrons. The monoisotopic (exact) mass is 253 g/mol. The standard InChI is InChI=1S/C8H13NO.C2HF3O2/c1-2-7(10)8-5-3-9-4-6(5)8;3-2(4,5)1(6)7/h5-6,8-9H,2-4H2,1H3;(H,6,7)/t5-,6+,8+;. The Bertz CT molecular complexity index is 306. The first-order valence-corrected chi connectivity index (χ1v) is 5.32. The maximum atomic E-state index is 11.2. The van der Waals surface area contributed by atoms with Gasteiger partial charge in [-0.25, -0.2) is 4.79 Å². The van der Waals surface area contributed by atoms with Gasteiger partial charge in [-0.1, -0.05) is 6.92 Å². The minimum absolute atomic E-state index is 0.450. The maximum absolute atomic E-state index is 11.2. The first kappa shape index (κ1) is 14.0. The van der Waals surface area contributed by atoms with E-state index < -0.39 is 12.1 Å². The van der Waals surface area contributed by atoms with Crippen LogP contribution in [0.2, 0.25) is 0 Å². The van der Waals surface area contributed by atoms with Crippen molar-refractivity contribution in [2.45, 2.75) is 19.5 Å². The molecule has 0 bridgehead atoms. The predicted octanol–water partition coefficient (Wildman–Crippen LogP) is 1.06. The van der Waals surface area contributed by atoms with E-state index in [1.54, 1.807) is 0 Å². The van der Waals surface area contributed by atoms with Gasteiger partial charge in [0.1, 0.15) is 5.78 Å². The zero-order valence-corrected chi connectivity index (χ0v) is 9.25. The molecule has 1 aliphatic heterocycles. The average molecular weight is 253 g/mol. The predicted molar refractivity (Wildman–Crippen MR) is 52.3 cm³/mol. The lowest BCUT2D eigenvalue weighted by atomic mass is 10.1. The van der Waals surface area contributed by atoms with Crippen molar-refractivity contribution in [2.24, 2.45) is 17.8 Å². The number of Topliss-reactive ketones (excluding diaryl/α,β-unsaturated/α-hetero) is 1. The van der Waals surface area contributed by atoms with Gasteiger partial charge in [-0.2, -0.15) is 13.2 Å². The normalized spacial score (nSPS) is 30.0. The van der Waals surface area contributed by atoms with Crippen LogP contribution >= 0.6 is 0 Å². The fourth-order valence-corrected chi connectivity index (χ4v) is 2.13. The Morgan fingerprint density at radius 3 is 2.00 bits per heavy atom. The Morgan fingerprint density at radius 2 is 1.71 bits per heavy atom. The molecule has 0 unspecified atom stereocenters. The van der Waals surface area contributed by atoms with E-state index >= 15 is 0 Å². The molecule has 1 aliphatic carbocycles. The summed E-state index contributed by atoms with van der Waals surface area (Å²) in [6.07, 6.45) is -4.35. The number of halogens is 3. The summed E-state index contributed by atoms with van der Waals surface area (Å²) < 4.78 is 31.7. The SMILES string of the molecule is CCC(=O)[C@H]1[C@@H]2CNC[C@@H]21.O=C(O)C(F)(F)F. The summed E-state index contributed by atoms with van der Waals surface area (Å²) in [6.45, 7) is 4.13. The number of carboxylic acid groups (broad SMARTS) is 1. The van der Waals surface area contributed by atoms with Gasteiger partial charge in [-0.3, -0.25) is 4.79 Å². The van der Waals surface area contributed by atoms with E-state index in [0.29, 0.717) is 23.5 Å². The van der Waals surface area contributed by atoms with Crippen molar-refractivity contribution in [2.75, 3.05) is 13.1 Å². The van der Waals surface area contributed by atoms with Crippen molar-refractivity contribution in [3.05, 3.63) is 0 Å². The quantitative estimate of drug-likeness (QED) is 0.772. The summed E-state index contributed by atoms with van der Waals surface area (Å²) in [7, 11) is 0. The number of carboxylic acids is 1. The number of nitrogens with one attached hydrogen (secondary N) is 1. The Hall–Kier alpha value is -1.11. The molecule has 4 nitrogen and oxygen atoms in total. The minimum atomic E-state index is -5.08. The molecule has 3 atom stereocenters. The minimum Gasteiger partial charge on any atom is -0.475 e. The molecular weight excluding hydrogens is 239 g/mol. The van der Waals surface area contributed by atoms with Crippen molar-refractivity contribution in [1.82, 2.24) is 5.32 Å². The van der Waals surface area contributed by atoms with Crippen LogP contribution < -0.4 is 5.32 Å². The molecule has 0 radical (unpaired) electrons. The molecule has 0 amide bonds. The van der Waals surface area contributed by atoms with Gasteiger partial charge in [0.05, 0.1) is 0 Å². The lowest BCUT2D eigenvalue weighted by Gasteiger charge is -1.99. The molecule has 1 saturated carbocycles. The number of fused-ring (bicyclic) bond motifs is 1. The van der Waals surface area contributed by atoms with Gasteiger partial charge >= 0.3 is 12.1 Å². The third-order valence-electron chi connectivity index (χ3n) is 3.05. The van der Waals surface area contributed by atoms with Crippen molar-refractivity contribution in [1.29, 1.82) is 0 Å². The number of piperidine rings is 1. The molecule has 0 aromatic rings. The zero-order chi connectivity index (χ0) is 13.2. The molecule has 17 heavy (non-hydrogen) atoms. The van der Waals surface area contributed by atoms with Gasteiger partial charge in [-0.05, 0) is 24.9 Å².